The number of nitrogens with zero attached hydrogens (tertiary/aromatic N) is 1. The lowest BCUT2D eigenvalue weighted by molar-refractivity contribution is -0.938. The van der Waals surface area contributed by atoms with Crippen molar-refractivity contribution in [3.63, 3.8) is 0 Å². The first kappa shape index (κ1) is 24.9. The molecule has 1 heterocycles. The van der Waals surface area contributed by atoms with Gasteiger partial charge in [0.05, 0.1) is 6.54 Å². The lowest BCUT2D eigenvalue weighted by Crippen LogP contribution is -2.62. The maximum atomic E-state index is 10.7. The summed E-state index contributed by atoms with van der Waals surface area (Å²) in [6.07, 6.45) is 2.91. The molecule has 2 rings (SSSR count). The van der Waals surface area contributed by atoms with Gasteiger partial charge in [0.2, 0.25) is 0 Å². The maximum absolute atomic E-state index is 10.7. The van der Waals surface area contributed by atoms with Gasteiger partial charge in [-0.05, 0) is 54.9 Å². The normalized spacial score (nSPS) is 26.3. The predicted octanol–water partition coefficient (Wildman–Crippen LogP) is 4.95. The van der Waals surface area contributed by atoms with Gasteiger partial charge >= 0.3 is 0 Å². The topological polar surface area (TPSA) is 38.7 Å². The van der Waals surface area contributed by atoms with Crippen LogP contribution in [-0.4, -0.2) is 60.7 Å². The summed E-state index contributed by atoms with van der Waals surface area (Å²) in [4.78, 5) is 0. The predicted molar refractivity (Wildman–Crippen MR) is 125 cm³/mol. The number of benzene rings is 1. The van der Waals surface area contributed by atoms with E-state index in [9.17, 15) is 5.11 Å². The summed E-state index contributed by atoms with van der Waals surface area (Å²) in [6.45, 7) is 23.2. The smallest absolute Gasteiger partial charge is 0.137 e. The monoisotopic (exact) mass is 418 g/mol. The number of rotatable bonds is 9. The van der Waals surface area contributed by atoms with E-state index in [-0.39, 0.29) is 23.0 Å². The molecule has 0 bridgehead atoms. The highest BCUT2D eigenvalue weighted by Crippen LogP contribution is 2.36. The Labute approximate surface area is 184 Å². The second-order valence-electron chi connectivity index (χ2n) is 11.2. The van der Waals surface area contributed by atoms with Gasteiger partial charge in [-0.1, -0.05) is 53.3 Å². The van der Waals surface area contributed by atoms with Gasteiger partial charge in [0.1, 0.15) is 50.3 Å². The first-order valence-corrected chi connectivity index (χ1v) is 11.4. The zero-order valence-corrected chi connectivity index (χ0v) is 20.3. The molecule has 30 heavy (non-hydrogen) atoms. The second-order valence-corrected chi connectivity index (χ2v) is 11.2. The number of quaternary nitrogens is 1. The zero-order valence-electron chi connectivity index (χ0n) is 20.3. The Kier molecular flexibility index (Phi) is 8.17. The molecule has 4 heteroatoms. The Morgan fingerprint density at radius 3 is 2.20 bits per heavy atom. The summed E-state index contributed by atoms with van der Waals surface area (Å²) in [5.74, 6) is 0.809. The largest absolute Gasteiger partial charge is 0.491 e. The molecule has 1 aliphatic heterocycles. The van der Waals surface area contributed by atoms with Crippen molar-refractivity contribution in [3.8, 4) is 5.75 Å². The van der Waals surface area contributed by atoms with E-state index in [2.05, 4.69) is 67.2 Å². The van der Waals surface area contributed by atoms with Gasteiger partial charge in [-0.25, -0.2) is 0 Å². The lowest BCUT2D eigenvalue weighted by atomic mass is 9.72. The van der Waals surface area contributed by atoms with Crippen LogP contribution >= 0.6 is 0 Å². The van der Waals surface area contributed by atoms with Crippen LogP contribution in [0.2, 0.25) is 0 Å². The molecule has 0 spiro atoms. The molecule has 0 aromatic heterocycles. The summed E-state index contributed by atoms with van der Waals surface area (Å²) >= 11 is 0. The van der Waals surface area contributed by atoms with Crippen molar-refractivity contribution in [2.45, 2.75) is 78.6 Å². The van der Waals surface area contributed by atoms with E-state index in [1.807, 2.05) is 18.2 Å². The highest BCUT2D eigenvalue weighted by molar-refractivity contribution is 5.31. The minimum absolute atomic E-state index is 0.112. The zero-order chi connectivity index (χ0) is 22.6. The molecule has 1 unspecified atom stereocenters. The molecule has 1 aromatic carbocycles. The van der Waals surface area contributed by atoms with E-state index < -0.39 is 6.10 Å². The van der Waals surface area contributed by atoms with Crippen molar-refractivity contribution in [3.05, 3.63) is 42.5 Å². The average Bonchev–Trinajstić information content (AvgIpc) is 2.57. The van der Waals surface area contributed by atoms with Crippen LogP contribution in [0.4, 0.5) is 0 Å². The summed E-state index contributed by atoms with van der Waals surface area (Å²) in [5.41, 5.74) is 1.71. The van der Waals surface area contributed by atoms with E-state index in [4.69, 9.17) is 9.47 Å². The van der Waals surface area contributed by atoms with Crippen molar-refractivity contribution in [1.82, 2.24) is 0 Å². The minimum atomic E-state index is -0.528. The fourth-order valence-electron chi connectivity index (χ4n) is 5.42. The molecule has 1 aliphatic rings. The third kappa shape index (κ3) is 7.40. The molecule has 1 N–H and O–H groups in total. The summed E-state index contributed by atoms with van der Waals surface area (Å²) in [7, 11) is 0. The SMILES string of the molecule is C=CC[N+]1(C[C@H](O)COc2ccc(C(C)(C)CC(C)(C)C)cc2)C[C@@H](C)O[C@@H](C)C1. The number of hydrogen-bond donors (Lipinski definition) is 1. The molecule has 170 valence electrons. The van der Waals surface area contributed by atoms with Crippen molar-refractivity contribution in [1.29, 1.82) is 0 Å². The minimum Gasteiger partial charge on any atom is -0.491 e. The van der Waals surface area contributed by atoms with Gasteiger partial charge < -0.3 is 19.1 Å². The Morgan fingerprint density at radius 2 is 1.70 bits per heavy atom. The van der Waals surface area contributed by atoms with Gasteiger partial charge in [-0.2, -0.15) is 0 Å². The number of hydrogen-bond acceptors (Lipinski definition) is 3. The third-order valence-corrected chi connectivity index (χ3v) is 5.92. The Hall–Kier alpha value is -1.36. The number of morpholine rings is 1. The molecule has 1 saturated heterocycles. The van der Waals surface area contributed by atoms with Crippen molar-refractivity contribution in [2.24, 2.45) is 5.41 Å². The van der Waals surface area contributed by atoms with Crippen LogP contribution < -0.4 is 4.74 Å². The second kappa shape index (κ2) is 9.84. The Balaban J connectivity index is 1.95. The summed E-state index contributed by atoms with van der Waals surface area (Å²) < 4.78 is 12.6. The summed E-state index contributed by atoms with van der Waals surface area (Å²) in [5, 5.41) is 10.7. The lowest BCUT2D eigenvalue weighted by Gasteiger charge is -2.46. The van der Waals surface area contributed by atoms with Gasteiger partial charge in [0.15, 0.2) is 0 Å². The quantitative estimate of drug-likeness (QED) is 0.455. The van der Waals surface area contributed by atoms with Crippen molar-refractivity contribution >= 4 is 0 Å². The van der Waals surface area contributed by atoms with Crippen LogP contribution in [0.15, 0.2) is 36.9 Å². The average molecular weight is 419 g/mol. The van der Waals surface area contributed by atoms with E-state index in [1.54, 1.807) is 0 Å². The number of ether oxygens (including phenoxy) is 2. The van der Waals surface area contributed by atoms with Gasteiger partial charge in [-0.15, -0.1) is 0 Å². The van der Waals surface area contributed by atoms with Crippen LogP contribution in [0.1, 0.15) is 60.5 Å². The third-order valence-electron chi connectivity index (χ3n) is 5.92. The molecule has 1 aromatic rings. The van der Waals surface area contributed by atoms with Crippen LogP contribution in [-0.2, 0) is 10.2 Å². The number of aliphatic hydroxyl groups is 1. The molecule has 0 saturated carbocycles. The number of aliphatic hydroxyl groups excluding tert-OH is 1. The molecule has 4 nitrogen and oxygen atoms in total. The summed E-state index contributed by atoms with van der Waals surface area (Å²) in [6, 6.07) is 8.37. The van der Waals surface area contributed by atoms with Crippen molar-refractivity contribution < 1.29 is 19.1 Å². The molecule has 4 atom stereocenters. The fourth-order valence-corrected chi connectivity index (χ4v) is 5.42. The molecule has 0 aliphatic carbocycles. The van der Waals surface area contributed by atoms with E-state index in [0.29, 0.717) is 13.2 Å². The van der Waals surface area contributed by atoms with E-state index in [0.717, 1.165) is 36.3 Å². The van der Waals surface area contributed by atoms with Crippen LogP contribution in [0.3, 0.4) is 0 Å². The van der Waals surface area contributed by atoms with E-state index >= 15 is 0 Å². The maximum Gasteiger partial charge on any atom is 0.137 e. The molecule has 0 amide bonds. The Bertz CT molecular complexity index is 665. The Morgan fingerprint density at radius 1 is 1.13 bits per heavy atom. The standard InChI is InChI=1S/C26H44NO3/c1-9-14-27(15-20(2)30-21(3)16-27)17-23(28)18-29-24-12-10-22(11-13-24)26(7,8)19-25(4,5)6/h9-13,20-21,23,28H,1,14-19H2,2-8H3/q+1/t20-,21+,23-,27?/m0/s1. The van der Waals surface area contributed by atoms with Gasteiger partial charge in [-0.3, -0.25) is 0 Å². The van der Waals surface area contributed by atoms with E-state index in [1.165, 1.54) is 5.56 Å². The molecular formula is C26H44NO3+. The molecular weight excluding hydrogens is 374 g/mol. The van der Waals surface area contributed by atoms with Gasteiger partial charge in [0.25, 0.3) is 0 Å². The fraction of sp³-hybridized carbons (Fsp3) is 0.692. The van der Waals surface area contributed by atoms with Crippen LogP contribution in [0.25, 0.3) is 0 Å². The van der Waals surface area contributed by atoms with Gasteiger partial charge in [0, 0.05) is 0 Å². The van der Waals surface area contributed by atoms with Crippen LogP contribution in [0.5, 0.6) is 5.75 Å². The molecule has 1 fully saturated rings. The molecule has 0 radical (unpaired) electrons. The van der Waals surface area contributed by atoms with Crippen molar-refractivity contribution in [2.75, 3.05) is 32.8 Å². The van der Waals surface area contributed by atoms with Crippen LogP contribution in [0, 0.1) is 5.41 Å². The first-order chi connectivity index (χ1) is 13.8. The highest BCUT2D eigenvalue weighted by Gasteiger charge is 2.38. The highest BCUT2D eigenvalue weighted by atomic mass is 16.5. The first-order valence-electron chi connectivity index (χ1n) is 11.4.